The lowest BCUT2D eigenvalue weighted by Crippen LogP contribution is -2.39. The number of carbonyl (C=O) groups excluding carboxylic acids is 4. The molecule has 12 nitrogen and oxygen atoms in total. The summed E-state index contributed by atoms with van der Waals surface area (Å²) in [7, 11) is 0. The molecular weight excluding hydrogens is 736 g/mol. The molecule has 1 saturated heterocycles. The summed E-state index contributed by atoms with van der Waals surface area (Å²) in [5.74, 6) is -5.13. The molecule has 0 aliphatic carbocycles. The number of nitrogens with one attached hydrogen (secondary N) is 3. The topological polar surface area (TPSA) is 159 Å². The summed E-state index contributed by atoms with van der Waals surface area (Å²) < 4.78 is 72.2. The smallest absolute Gasteiger partial charge is 0.458 e. The van der Waals surface area contributed by atoms with Crippen LogP contribution in [0.4, 0.5) is 55.2 Å². The summed E-state index contributed by atoms with van der Waals surface area (Å²) in [6, 6.07) is 9.55. The number of nitrogens with zero attached hydrogens (tertiary/aromatic N) is 4. The van der Waals surface area contributed by atoms with Crippen molar-refractivity contribution in [3.8, 4) is 0 Å². The molecule has 5 heterocycles. The lowest BCUT2D eigenvalue weighted by Gasteiger charge is -2.31. The van der Waals surface area contributed by atoms with Gasteiger partial charge >= 0.3 is 23.9 Å². The van der Waals surface area contributed by atoms with Crippen LogP contribution in [-0.2, 0) is 27.2 Å². The Hall–Kier alpha value is -5.52. The Kier molecular flexibility index (Phi) is 11.7. The van der Waals surface area contributed by atoms with E-state index >= 15 is 0 Å². The van der Waals surface area contributed by atoms with E-state index in [0.717, 1.165) is 47.5 Å². The van der Waals surface area contributed by atoms with E-state index in [9.17, 15) is 45.5 Å². The number of piperidine rings is 1. The number of anilines is 5. The number of ketones is 2. The van der Waals surface area contributed by atoms with Gasteiger partial charge in [-0.3, -0.25) is 24.2 Å². The number of rotatable bonds is 5. The highest BCUT2D eigenvalue weighted by atomic mass is 35.5. The Balaban J connectivity index is 0.000000390. The molecule has 3 aromatic heterocycles. The average molecular weight is 766 g/mol. The first-order valence-electron chi connectivity index (χ1n) is 16.0. The summed E-state index contributed by atoms with van der Waals surface area (Å²) in [6.07, 6.45) is -1.50. The van der Waals surface area contributed by atoms with Crippen molar-refractivity contribution >= 4 is 63.8 Å². The Morgan fingerprint density at radius 3 is 2.26 bits per heavy atom. The van der Waals surface area contributed by atoms with Crippen LogP contribution in [0.25, 0.3) is 0 Å². The van der Waals surface area contributed by atoms with E-state index in [2.05, 4.69) is 30.9 Å². The summed E-state index contributed by atoms with van der Waals surface area (Å²) in [4.78, 5) is 60.2. The van der Waals surface area contributed by atoms with Gasteiger partial charge < -0.3 is 25.3 Å². The molecule has 3 N–H and O–H groups in total. The highest BCUT2D eigenvalue weighted by Crippen LogP contribution is 2.30. The van der Waals surface area contributed by atoms with Crippen LogP contribution < -0.4 is 16.0 Å². The second-order valence-electron chi connectivity index (χ2n) is 12.1. The standard InChI is InChI=1S/C30H30ClN7O3.C4F6O2/c1-18-24(8-11-41-18)29(40)38-9-6-19(7-10-38)13-27(39)36-26-5-4-22-14-21(26)3-2-20-12-23(16-32-15-20)35-30-33-17-25(31)28(34-22)37-30;5-3(6,7)1(11)2(12)4(8,9)10/h4-5,8,11-12,14-17,19H,2-3,6-7,9-10,13H2,1H3,(H,36,39)(H2,33,34,35,37);. The molecule has 6 bridgehead atoms. The van der Waals surface area contributed by atoms with Crippen LogP contribution in [0.2, 0.25) is 5.02 Å². The third-order valence-corrected chi connectivity index (χ3v) is 8.58. The maximum absolute atomic E-state index is 13.2. The molecule has 19 heteroatoms. The Bertz CT molecular complexity index is 1990. The van der Waals surface area contributed by atoms with Gasteiger partial charge in [-0.15, -0.1) is 0 Å². The first kappa shape index (κ1) is 38.7. The van der Waals surface area contributed by atoms with E-state index in [1.54, 1.807) is 31.6 Å². The molecule has 1 aromatic carbocycles. The molecule has 0 radical (unpaired) electrons. The number of hydrogen-bond acceptors (Lipinski definition) is 10. The number of carbonyl (C=O) groups is 4. The van der Waals surface area contributed by atoms with Gasteiger partial charge in [-0.25, -0.2) is 4.98 Å². The zero-order chi connectivity index (χ0) is 38.5. The fourth-order valence-electron chi connectivity index (χ4n) is 5.59. The Labute approximate surface area is 302 Å². The van der Waals surface area contributed by atoms with Crippen molar-refractivity contribution in [3.63, 3.8) is 0 Å². The zero-order valence-corrected chi connectivity index (χ0v) is 28.5. The summed E-state index contributed by atoms with van der Waals surface area (Å²) in [5, 5.41) is 10.0. The maximum Gasteiger partial charge on any atom is 0.458 e. The fraction of sp³-hybridized carbons (Fsp3) is 0.324. The molecule has 4 aromatic rings. The van der Waals surface area contributed by atoms with Crippen LogP contribution in [0, 0.1) is 12.8 Å². The van der Waals surface area contributed by atoms with Crippen LogP contribution >= 0.6 is 11.6 Å². The van der Waals surface area contributed by atoms with Gasteiger partial charge in [0, 0.05) is 37.1 Å². The normalized spacial score (nSPS) is 14.5. The van der Waals surface area contributed by atoms with Crippen LogP contribution in [0.5, 0.6) is 0 Å². The fourth-order valence-corrected chi connectivity index (χ4v) is 5.73. The second-order valence-corrected chi connectivity index (χ2v) is 12.5. The van der Waals surface area contributed by atoms with Gasteiger partial charge in [-0.1, -0.05) is 11.6 Å². The van der Waals surface area contributed by atoms with E-state index in [4.69, 9.17) is 16.0 Å². The number of aromatic nitrogens is 3. The molecule has 2 aliphatic heterocycles. The van der Waals surface area contributed by atoms with Crippen molar-refractivity contribution in [3.05, 3.63) is 82.7 Å². The number of alkyl halides is 6. The van der Waals surface area contributed by atoms with E-state index in [1.807, 2.05) is 35.4 Å². The van der Waals surface area contributed by atoms with Crippen molar-refractivity contribution in [1.82, 2.24) is 19.9 Å². The molecule has 6 rings (SSSR count). The molecular formula is C34H30ClF6N7O5. The third kappa shape index (κ3) is 10.1. The average Bonchev–Trinajstić information content (AvgIpc) is 3.54. The number of amides is 2. The first-order valence-corrected chi connectivity index (χ1v) is 16.3. The van der Waals surface area contributed by atoms with Gasteiger partial charge in [0.15, 0.2) is 5.82 Å². The summed E-state index contributed by atoms with van der Waals surface area (Å²) >= 11 is 6.37. The second kappa shape index (κ2) is 16.0. The van der Waals surface area contributed by atoms with E-state index in [1.165, 1.54) is 0 Å². The third-order valence-electron chi connectivity index (χ3n) is 8.31. The molecule has 1 fully saturated rings. The van der Waals surface area contributed by atoms with Crippen LogP contribution in [-0.4, -0.2) is 68.7 Å². The minimum Gasteiger partial charge on any atom is -0.469 e. The molecule has 53 heavy (non-hydrogen) atoms. The zero-order valence-electron chi connectivity index (χ0n) is 27.7. The van der Waals surface area contributed by atoms with Crippen LogP contribution in [0.3, 0.4) is 0 Å². The largest absolute Gasteiger partial charge is 0.469 e. The predicted octanol–water partition coefficient (Wildman–Crippen LogP) is 7.14. The van der Waals surface area contributed by atoms with E-state index in [-0.39, 0.29) is 17.7 Å². The van der Waals surface area contributed by atoms with Gasteiger partial charge in [0.25, 0.3) is 5.91 Å². The lowest BCUT2D eigenvalue weighted by atomic mass is 9.92. The summed E-state index contributed by atoms with van der Waals surface area (Å²) in [5.41, 5.74) is 5.00. The van der Waals surface area contributed by atoms with Gasteiger partial charge in [0.1, 0.15) is 10.8 Å². The van der Waals surface area contributed by atoms with Crippen LogP contribution in [0.15, 0.2) is 59.6 Å². The van der Waals surface area contributed by atoms with Crippen molar-refractivity contribution in [2.45, 2.75) is 51.4 Å². The number of hydrogen-bond donors (Lipinski definition) is 3. The van der Waals surface area contributed by atoms with Crippen molar-refractivity contribution in [1.29, 1.82) is 0 Å². The quantitative estimate of drug-likeness (QED) is 0.141. The highest BCUT2D eigenvalue weighted by molar-refractivity contribution is 6.41. The van der Waals surface area contributed by atoms with E-state index in [0.29, 0.717) is 54.0 Å². The number of Topliss-reactive ketones (excluding diaryl/α,β-unsaturated/α-hetero) is 2. The SMILES string of the molecule is Cc1occc1C(=O)N1CCC(CC(=O)Nc2ccc3cc2CCc2cncc(c2)Nc2ncc(Cl)c(n2)N3)CC1.O=C(C(=O)C(F)(F)F)C(F)(F)F. The van der Waals surface area contributed by atoms with Gasteiger partial charge in [0.2, 0.25) is 11.9 Å². The van der Waals surface area contributed by atoms with Crippen molar-refractivity contribution in [2.24, 2.45) is 5.92 Å². The molecule has 0 atom stereocenters. The number of halogens is 7. The number of aryl methyl sites for hydroxylation is 3. The highest BCUT2D eigenvalue weighted by Gasteiger charge is 2.54. The maximum atomic E-state index is 13.2. The molecule has 280 valence electrons. The van der Waals surface area contributed by atoms with Crippen LogP contribution in [0.1, 0.15) is 46.5 Å². The minimum absolute atomic E-state index is 0.0103. The number of furan rings is 1. The van der Waals surface area contributed by atoms with E-state index < -0.39 is 23.9 Å². The van der Waals surface area contributed by atoms with Gasteiger partial charge in [-0.05, 0) is 80.0 Å². The van der Waals surface area contributed by atoms with Gasteiger partial charge in [-0.2, -0.15) is 31.3 Å². The molecule has 0 unspecified atom stereocenters. The molecule has 0 saturated carbocycles. The Morgan fingerprint density at radius 1 is 0.925 bits per heavy atom. The lowest BCUT2D eigenvalue weighted by molar-refractivity contribution is -0.193. The molecule has 0 spiro atoms. The number of fused-ring (bicyclic) bond motifs is 6. The van der Waals surface area contributed by atoms with Crippen molar-refractivity contribution in [2.75, 3.05) is 29.0 Å². The van der Waals surface area contributed by atoms with Gasteiger partial charge in [0.05, 0.1) is 29.9 Å². The predicted molar refractivity (Wildman–Crippen MR) is 179 cm³/mol. The number of pyridine rings is 1. The number of likely N-dealkylation sites (tertiary alicyclic amines) is 1. The monoisotopic (exact) mass is 765 g/mol. The molecule has 2 amide bonds. The minimum atomic E-state index is -5.77. The Morgan fingerprint density at radius 2 is 1.62 bits per heavy atom. The number of benzene rings is 1. The first-order chi connectivity index (χ1) is 25.0. The van der Waals surface area contributed by atoms with Crippen molar-refractivity contribution < 1.29 is 49.9 Å². The molecule has 2 aliphatic rings. The summed E-state index contributed by atoms with van der Waals surface area (Å²) in [6.45, 7) is 3.05.